The molecule has 3 N–H and O–H groups in total. The molecule has 0 saturated heterocycles. The molecule has 3 aromatic carbocycles. The predicted molar refractivity (Wildman–Crippen MR) is 191 cm³/mol. The van der Waals surface area contributed by atoms with E-state index in [1.807, 2.05) is 101 Å². The van der Waals surface area contributed by atoms with Gasteiger partial charge in [0.1, 0.15) is 25.3 Å². The Morgan fingerprint density at radius 1 is 1.04 bits per heavy atom. The number of aromatic nitrogens is 2. The van der Waals surface area contributed by atoms with Gasteiger partial charge >= 0.3 is 5.24 Å². The maximum Gasteiger partial charge on any atom is 0.306 e. The highest BCUT2D eigenvalue weighted by Gasteiger charge is 2.25. The topological polar surface area (TPSA) is 130 Å². The number of anilines is 1. The third-order valence-electron chi connectivity index (χ3n) is 7.15. The fraction of sp³-hybridized carbons (Fsp3) is 0.278. The van der Waals surface area contributed by atoms with E-state index in [4.69, 9.17) is 15.3 Å². The number of carbonyl (C=O) groups is 2. The molecule has 0 fully saturated rings. The normalized spacial score (nSPS) is 11.0. The van der Waals surface area contributed by atoms with Crippen LogP contribution in [0.4, 0.5) is 10.6 Å². The molecule has 10 nitrogen and oxygen atoms in total. The number of amides is 1. The Kier molecular flexibility index (Phi) is 13.2. The van der Waals surface area contributed by atoms with Gasteiger partial charge in [0.15, 0.2) is 5.71 Å². The molecule has 47 heavy (non-hydrogen) atoms. The second-order valence-corrected chi connectivity index (χ2v) is 11.9. The summed E-state index contributed by atoms with van der Waals surface area (Å²) in [5.74, 6) is 1.16. The van der Waals surface area contributed by atoms with Crippen molar-refractivity contribution in [2.24, 2.45) is 5.16 Å². The number of thioether (sulfide) groups is 1. The van der Waals surface area contributed by atoms with E-state index in [0.29, 0.717) is 23.5 Å². The summed E-state index contributed by atoms with van der Waals surface area (Å²) in [7, 11) is 2.97. The first-order chi connectivity index (χ1) is 22.5. The number of likely N-dealkylation sites (N-methyl/N-ethyl adjacent to an activating group) is 1. The van der Waals surface area contributed by atoms with Gasteiger partial charge in [0.2, 0.25) is 0 Å². The summed E-state index contributed by atoms with van der Waals surface area (Å²) in [5, 5.41) is 6.15. The van der Waals surface area contributed by atoms with Crippen molar-refractivity contribution in [3.63, 3.8) is 0 Å². The second-order valence-electron chi connectivity index (χ2n) is 10.9. The first kappa shape index (κ1) is 36.4. The van der Waals surface area contributed by atoms with E-state index >= 15 is 0 Å². The zero-order valence-corrected chi connectivity index (χ0v) is 28.8. The van der Waals surface area contributed by atoms with Gasteiger partial charge in [-0.2, -0.15) is 4.68 Å². The minimum atomic E-state index is -0.309. The van der Waals surface area contributed by atoms with Crippen LogP contribution < -0.4 is 21.3 Å². The largest absolute Gasteiger partial charge is 0.489 e. The fourth-order valence-electron chi connectivity index (χ4n) is 4.80. The minimum absolute atomic E-state index is 0.180. The van der Waals surface area contributed by atoms with Crippen LogP contribution in [0.3, 0.4) is 0 Å². The molecule has 0 bridgehead atoms. The molecular formula is C36H43N5O5S. The lowest BCUT2D eigenvalue weighted by atomic mass is 10.0. The number of benzene rings is 3. The predicted octanol–water partition coefficient (Wildman–Crippen LogP) is 6.65. The molecule has 0 aliphatic heterocycles. The van der Waals surface area contributed by atoms with Crippen LogP contribution in [0, 0.1) is 20.8 Å². The number of hydrogen-bond acceptors (Lipinski definition) is 8. The van der Waals surface area contributed by atoms with Gasteiger partial charge in [0, 0.05) is 24.4 Å². The number of hydrogen-bond donors (Lipinski definition) is 2. The van der Waals surface area contributed by atoms with Crippen molar-refractivity contribution < 1.29 is 19.2 Å². The highest BCUT2D eigenvalue weighted by atomic mass is 32.2. The van der Waals surface area contributed by atoms with E-state index in [9.17, 15) is 14.4 Å². The average molecular weight is 658 g/mol. The standard InChI is InChI=1S/C19H22N2O3.C17H21N3O2S/c1-13-9-10-14(2)17(11-13)24-12-15-7-5-6-8-16(15)18(21-23-4)19(22)20-3;1-5-10-23-17(22)20-15(18)14(16(21)19(20)11(2)3)13-9-7-6-8-12(13)4/h5-11H,12H2,1-4H3,(H,20,22);5-9,11H,1,10,18H2,2-4H3/b21-18+;. The lowest BCUT2D eigenvalue weighted by molar-refractivity contribution is -0.114. The van der Waals surface area contributed by atoms with E-state index in [1.54, 1.807) is 13.1 Å². The van der Waals surface area contributed by atoms with E-state index in [2.05, 4.69) is 17.1 Å². The second kappa shape index (κ2) is 17.0. The van der Waals surface area contributed by atoms with Crippen molar-refractivity contribution in [1.29, 1.82) is 0 Å². The summed E-state index contributed by atoms with van der Waals surface area (Å²) in [6.45, 7) is 13.6. The van der Waals surface area contributed by atoms with Crippen molar-refractivity contribution >= 4 is 34.4 Å². The molecule has 0 aliphatic carbocycles. The van der Waals surface area contributed by atoms with Crippen molar-refractivity contribution in [2.45, 2.75) is 47.3 Å². The molecule has 1 aromatic heterocycles. The van der Waals surface area contributed by atoms with Crippen LogP contribution >= 0.6 is 11.8 Å². The molecule has 0 spiro atoms. The Labute approximate surface area is 280 Å². The molecule has 11 heteroatoms. The smallest absolute Gasteiger partial charge is 0.306 e. The molecule has 248 valence electrons. The van der Waals surface area contributed by atoms with Crippen molar-refractivity contribution in [3.05, 3.63) is 118 Å². The third kappa shape index (κ3) is 8.82. The summed E-state index contributed by atoms with van der Waals surface area (Å²) in [6, 6.07) is 20.9. The molecule has 0 unspecified atom stereocenters. The molecule has 0 atom stereocenters. The molecule has 1 amide bonds. The van der Waals surface area contributed by atoms with Gasteiger partial charge in [0.25, 0.3) is 11.5 Å². The quantitative estimate of drug-likeness (QED) is 0.111. The number of nitrogens with two attached hydrogens (primary N) is 1. The summed E-state index contributed by atoms with van der Waals surface area (Å²) in [4.78, 5) is 42.2. The first-order valence-electron chi connectivity index (χ1n) is 15.0. The van der Waals surface area contributed by atoms with Gasteiger partial charge in [-0.25, -0.2) is 4.68 Å². The van der Waals surface area contributed by atoms with Crippen LogP contribution in [0.15, 0.2) is 89.3 Å². The monoisotopic (exact) mass is 657 g/mol. The van der Waals surface area contributed by atoms with Crippen LogP contribution in [-0.4, -0.2) is 46.1 Å². The molecule has 4 rings (SSSR count). The van der Waals surface area contributed by atoms with E-state index in [-0.39, 0.29) is 34.3 Å². The van der Waals surface area contributed by atoms with Crippen LogP contribution in [-0.2, 0) is 16.2 Å². The number of nitrogen functional groups attached to an aromatic ring is 1. The zero-order chi connectivity index (χ0) is 34.7. The molecule has 0 aliphatic rings. The Hall–Kier alpha value is -5.03. The van der Waals surface area contributed by atoms with Gasteiger partial charge < -0.3 is 20.6 Å². The van der Waals surface area contributed by atoms with Gasteiger partial charge in [-0.05, 0) is 68.5 Å². The van der Waals surface area contributed by atoms with Crippen LogP contribution in [0.1, 0.15) is 47.7 Å². The van der Waals surface area contributed by atoms with Gasteiger partial charge in [-0.3, -0.25) is 14.4 Å². The number of oxime groups is 1. The Morgan fingerprint density at radius 3 is 2.36 bits per heavy atom. The summed E-state index contributed by atoms with van der Waals surface area (Å²) >= 11 is 1.06. The Morgan fingerprint density at radius 2 is 1.72 bits per heavy atom. The van der Waals surface area contributed by atoms with Crippen molar-refractivity contribution in [1.82, 2.24) is 14.7 Å². The van der Waals surface area contributed by atoms with Crippen molar-refractivity contribution in [2.75, 3.05) is 25.6 Å². The number of carbonyl (C=O) groups excluding carboxylic acids is 2. The fourth-order valence-corrected chi connectivity index (χ4v) is 5.37. The highest BCUT2D eigenvalue weighted by Crippen LogP contribution is 2.28. The number of nitrogens with one attached hydrogen (secondary N) is 1. The summed E-state index contributed by atoms with van der Waals surface area (Å²) in [6.07, 6.45) is 1.64. The third-order valence-corrected chi connectivity index (χ3v) is 7.97. The maximum absolute atomic E-state index is 12.9. The summed E-state index contributed by atoms with van der Waals surface area (Å²) in [5.41, 5.74) is 12.0. The number of ether oxygens (including phenoxy) is 1. The average Bonchev–Trinajstić information content (AvgIpc) is 3.32. The van der Waals surface area contributed by atoms with Gasteiger partial charge in [0.05, 0.1) is 5.56 Å². The SMILES string of the molecule is C=CCSC(=O)n1c(N)c(-c2ccccc2C)c(=O)n1C(C)C.CNC(=O)/C(=N/OC)c1ccccc1COc1cc(C)ccc1C. The minimum Gasteiger partial charge on any atom is -0.489 e. The highest BCUT2D eigenvalue weighted by molar-refractivity contribution is 8.13. The lowest BCUT2D eigenvalue weighted by Gasteiger charge is -2.13. The van der Waals surface area contributed by atoms with Gasteiger partial charge in [-0.1, -0.05) is 83.7 Å². The molecule has 0 saturated carbocycles. The maximum atomic E-state index is 12.9. The number of rotatable bonds is 10. The van der Waals surface area contributed by atoms with Crippen LogP contribution in [0.25, 0.3) is 11.1 Å². The Bertz CT molecular complexity index is 1820. The molecule has 4 aromatic rings. The first-order valence-corrected chi connectivity index (χ1v) is 16.0. The Balaban J connectivity index is 0.000000256. The van der Waals surface area contributed by atoms with E-state index in [1.165, 1.54) is 16.5 Å². The van der Waals surface area contributed by atoms with E-state index < -0.39 is 0 Å². The van der Waals surface area contributed by atoms with Gasteiger partial charge in [-0.15, -0.1) is 6.58 Å². The number of aryl methyl sites for hydroxylation is 3. The van der Waals surface area contributed by atoms with E-state index in [0.717, 1.165) is 45.3 Å². The lowest BCUT2D eigenvalue weighted by Crippen LogP contribution is -2.29. The van der Waals surface area contributed by atoms with Crippen LogP contribution in [0.2, 0.25) is 0 Å². The molecule has 0 radical (unpaired) electrons. The zero-order valence-electron chi connectivity index (χ0n) is 28.0. The van der Waals surface area contributed by atoms with Crippen molar-refractivity contribution in [3.8, 4) is 16.9 Å². The van der Waals surface area contributed by atoms with Crippen LogP contribution in [0.5, 0.6) is 5.75 Å². The molecule has 1 heterocycles. The number of nitrogens with zero attached hydrogens (tertiary/aromatic N) is 3. The molecular weight excluding hydrogens is 614 g/mol. The summed E-state index contributed by atoms with van der Waals surface area (Å²) < 4.78 is 8.65.